The van der Waals surface area contributed by atoms with Crippen molar-refractivity contribution < 1.29 is 28.6 Å². The average Bonchev–Trinajstić information content (AvgIpc) is 3.27. The molecule has 1 atom stereocenters. The molecule has 1 unspecified atom stereocenters. The van der Waals surface area contributed by atoms with Gasteiger partial charge in [0.25, 0.3) is 0 Å². The van der Waals surface area contributed by atoms with Crippen molar-refractivity contribution in [2.45, 2.75) is 264 Å². The van der Waals surface area contributed by atoms with Gasteiger partial charge in [-0.2, -0.15) is 0 Å². The van der Waals surface area contributed by atoms with E-state index < -0.39 is 6.10 Å². The van der Waals surface area contributed by atoms with Gasteiger partial charge in [0, 0.05) is 19.3 Å². The van der Waals surface area contributed by atoms with Gasteiger partial charge < -0.3 is 14.2 Å². The molecule has 0 heterocycles. The van der Waals surface area contributed by atoms with E-state index in [4.69, 9.17) is 14.2 Å². The Balaban J connectivity index is 4.38. The van der Waals surface area contributed by atoms with Gasteiger partial charge in [0.1, 0.15) is 13.2 Å². The van der Waals surface area contributed by atoms with Crippen LogP contribution in [0, 0.1) is 0 Å². The van der Waals surface area contributed by atoms with Gasteiger partial charge in [-0.15, -0.1) is 0 Å². The fraction of sp³-hybridized carbons (Fsp3) is 0.768. The summed E-state index contributed by atoms with van der Waals surface area (Å²) in [6.07, 6.45) is 62.0. The van der Waals surface area contributed by atoms with Crippen LogP contribution >= 0.6 is 0 Å². The lowest BCUT2D eigenvalue weighted by Gasteiger charge is -2.18. The first kappa shape index (κ1) is 59.1. The van der Waals surface area contributed by atoms with Crippen molar-refractivity contribution >= 4 is 17.9 Å². The first-order valence-electron chi connectivity index (χ1n) is 26.3. The number of ether oxygens (including phenoxy) is 3. The van der Waals surface area contributed by atoms with Crippen LogP contribution in [0.3, 0.4) is 0 Å². The van der Waals surface area contributed by atoms with E-state index in [2.05, 4.69) is 81.5 Å². The summed E-state index contributed by atoms with van der Waals surface area (Å²) < 4.78 is 16.8. The lowest BCUT2D eigenvalue weighted by Crippen LogP contribution is -2.30. The van der Waals surface area contributed by atoms with Crippen molar-refractivity contribution in [1.29, 1.82) is 0 Å². The molecule has 0 bridgehead atoms. The molecule has 0 radical (unpaired) electrons. The van der Waals surface area contributed by atoms with E-state index in [0.29, 0.717) is 19.3 Å². The minimum atomic E-state index is -0.784. The Morgan fingerprint density at radius 2 is 0.613 bits per heavy atom. The summed E-state index contributed by atoms with van der Waals surface area (Å²) in [5.41, 5.74) is 0. The van der Waals surface area contributed by atoms with Crippen LogP contribution < -0.4 is 0 Å². The molecular formula is C56H98O6. The third kappa shape index (κ3) is 48.1. The fourth-order valence-electron chi connectivity index (χ4n) is 7.25. The van der Waals surface area contributed by atoms with E-state index in [1.54, 1.807) is 0 Å². The molecule has 6 heteroatoms. The van der Waals surface area contributed by atoms with Crippen LogP contribution in [-0.4, -0.2) is 37.2 Å². The van der Waals surface area contributed by atoms with Crippen molar-refractivity contribution in [2.75, 3.05) is 13.2 Å². The Hall–Kier alpha value is -2.89. The third-order valence-electron chi connectivity index (χ3n) is 11.2. The normalized spacial score (nSPS) is 12.5. The molecule has 0 aliphatic rings. The highest BCUT2D eigenvalue weighted by atomic mass is 16.6. The van der Waals surface area contributed by atoms with Crippen LogP contribution in [0.5, 0.6) is 0 Å². The van der Waals surface area contributed by atoms with E-state index in [-0.39, 0.29) is 31.1 Å². The number of esters is 3. The molecule has 0 aliphatic carbocycles. The summed E-state index contributed by atoms with van der Waals surface area (Å²) in [7, 11) is 0. The molecule has 0 rings (SSSR count). The first-order chi connectivity index (χ1) is 30.5. The van der Waals surface area contributed by atoms with Gasteiger partial charge in [-0.25, -0.2) is 0 Å². The summed E-state index contributed by atoms with van der Waals surface area (Å²) >= 11 is 0. The largest absolute Gasteiger partial charge is 0.462 e. The topological polar surface area (TPSA) is 78.9 Å². The molecule has 0 aliphatic heterocycles. The van der Waals surface area contributed by atoms with E-state index >= 15 is 0 Å². The molecule has 0 aromatic carbocycles. The van der Waals surface area contributed by atoms with Crippen LogP contribution in [0.4, 0.5) is 0 Å². The lowest BCUT2D eigenvalue weighted by atomic mass is 10.0. The van der Waals surface area contributed by atoms with Crippen LogP contribution in [0.15, 0.2) is 60.8 Å². The number of hydrogen-bond donors (Lipinski definition) is 0. The number of unbranched alkanes of at least 4 members (excludes halogenated alkanes) is 26. The molecule has 0 aromatic rings. The average molecular weight is 867 g/mol. The molecule has 358 valence electrons. The zero-order valence-corrected chi connectivity index (χ0v) is 40.9. The molecule has 0 saturated heterocycles. The molecule has 6 nitrogen and oxygen atoms in total. The molecule has 0 N–H and O–H groups in total. The molecule has 0 amide bonds. The second-order valence-electron chi connectivity index (χ2n) is 17.4. The van der Waals surface area contributed by atoms with Crippen LogP contribution in [0.25, 0.3) is 0 Å². The second-order valence-corrected chi connectivity index (χ2v) is 17.4. The summed E-state index contributed by atoms with van der Waals surface area (Å²) in [6.45, 7) is 6.53. The maximum atomic E-state index is 12.8. The molecule has 0 aromatic heterocycles. The number of hydrogen-bond acceptors (Lipinski definition) is 6. The van der Waals surface area contributed by atoms with E-state index in [1.165, 1.54) is 109 Å². The first-order valence-corrected chi connectivity index (χ1v) is 26.3. The molecular weight excluding hydrogens is 769 g/mol. The highest BCUT2D eigenvalue weighted by molar-refractivity contribution is 5.71. The minimum Gasteiger partial charge on any atom is -0.462 e. The van der Waals surface area contributed by atoms with Crippen molar-refractivity contribution in [3.05, 3.63) is 60.8 Å². The summed E-state index contributed by atoms with van der Waals surface area (Å²) in [5, 5.41) is 0. The van der Waals surface area contributed by atoms with E-state index in [9.17, 15) is 14.4 Å². The molecule has 0 saturated carbocycles. The van der Waals surface area contributed by atoms with E-state index in [1.807, 2.05) is 0 Å². The predicted molar refractivity (Wildman–Crippen MR) is 265 cm³/mol. The SMILES string of the molecule is CCC/C=C\C/C=C\CCCCCCCC(=O)OC(COC(=O)CCCCCCCC/C=C\C/C=C\C/C=C\CCCCC)COC(=O)CCCCCCCCCCCCCC. The van der Waals surface area contributed by atoms with Gasteiger partial charge in [-0.1, -0.05) is 216 Å². The Labute approximate surface area is 383 Å². The van der Waals surface area contributed by atoms with E-state index in [0.717, 1.165) is 109 Å². The molecule has 0 spiro atoms. The second kappa shape index (κ2) is 50.8. The van der Waals surface area contributed by atoms with Crippen LogP contribution in [0.1, 0.15) is 258 Å². The monoisotopic (exact) mass is 867 g/mol. The predicted octanol–water partition coefficient (Wildman–Crippen LogP) is 17.3. The number of carbonyl (C=O) groups excluding carboxylic acids is 3. The number of rotatable bonds is 47. The van der Waals surface area contributed by atoms with Crippen LogP contribution in [-0.2, 0) is 28.6 Å². The Morgan fingerprint density at radius 1 is 0.323 bits per heavy atom. The van der Waals surface area contributed by atoms with Gasteiger partial charge in [-0.05, 0) is 83.5 Å². The summed E-state index contributed by atoms with van der Waals surface area (Å²) in [5.74, 6) is -0.905. The zero-order chi connectivity index (χ0) is 45.1. The smallest absolute Gasteiger partial charge is 0.306 e. The Kier molecular flexibility index (Phi) is 48.4. The van der Waals surface area contributed by atoms with Crippen LogP contribution in [0.2, 0.25) is 0 Å². The van der Waals surface area contributed by atoms with Gasteiger partial charge in [0.05, 0.1) is 0 Å². The number of allylic oxidation sites excluding steroid dienone is 10. The standard InChI is InChI=1S/C56H98O6/c1-4-7-10-13-16-19-22-25-26-27-28-29-30-32-34-37-40-43-46-49-55(58)61-52-53(51-60-54(57)48-45-42-39-36-33-24-21-18-15-12-9-6-3)62-56(59)50-47-44-41-38-35-31-23-20-17-14-11-8-5-2/h11,14,16,19-20,23,25-26,28-29,53H,4-10,12-13,15,17-18,21-22,24,27,30-52H2,1-3H3/b14-11-,19-16-,23-20-,26-25-,29-28-. The van der Waals surface area contributed by atoms with Gasteiger partial charge in [0.2, 0.25) is 0 Å². The minimum absolute atomic E-state index is 0.0826. The Bertz CT molecular complexity index is 1130. The quantitative estimate of drug-likeness (QED) is 0.0262. The Morgan fingerprint density at radius 3 is 1.00 bits per heavy atom. The van der Waals surface area contributed by atoms with Crippen molar-refractivity contribution in [3.8, 4) is 0 Å². The molecule has 62 heavy (non-hydrogen) atoms. The van der Waals surface area contributed by atoms with Crippen molar-refractivity contribution in [1.82, 2.24) is 0 Å². The highest BCUT2D eigenvalue weighted by Gasteiger charge is 2.19. The summed E-state index contributed by atoms with van der Waals surface area (Å²) in [4.78, 5) is 38.0. The van der Waals surface area contributed by atoms with Gasteiger partial charge in [0.15, 0.2) is 6.10 Å². The van der Waals surface area contributed by atoms with Crippen molar-refractivity contribution in [2.24, 2.45) is 0 Å². The van der Waals surface area contributed by atoms with Gasteiger partial charge >= 0.3 is 17.9 Å². The maximum Gasteiger partial charge on any atom is 0.306 e. The fourth-order valence-corrected chi connectivity index (χ4v) is 7.25. The highest BCUT2D eigenvalue weighted by Crippen LogP contribution is 2.15. The zero-order valence-electron chi connectivity index (χ0n) is 40.9. The maximum absolute atomic E-state index is 12.8. The van der Waals surface area contributed by atoms with Gasteiger partial charge in [-0.3, -0.25) is 14.4 Å². The molecule has 0 fully saturated rings. The number of carbonyl (C=O) groups is 3. The summed E-state index contributed by atoms with van der Waals surface area (Å²) in [6, 6.07) is 0. The van der Waals surface area contributed by atoms with Crippen molar-refractivity contribution in [3.63, 3.8) is 0 Å². The third-order valence-corrected chi connectivity index (χ3v) is 11.2. The lowest BCUT2D eigenvalue weighted by molar-refractivity contribution is -0.167.